The second-order valence-corrected chi connectivity index (χ2v) is 14.9. The van der Waals surface area contributed by atoms with Crippen LogP contribution in [0.25, 0.3) is 0 Å². The van der Waals surface area contributed by atoms with Crippen LogP contribution in [0.1, 0.15) is 66.4 Å². The Morgan fingerprint density at radius 2 is 2.00 bits per heavy atom. The van der Waals surface area contributed by atoms with Crippen LogP contribution in [0.2, 0.25) is 5.02 Å². The molecule has 6 atom stereocenters. The van der Waals surface area contributed by atoms with Gasteiger partial charge in [-0.15, -0.1) is 0 Å². The molecule has 0 bridgehead atoms. The van der Waals surface area contributed by atoms with Crippen LogP contribution in [0.15, 0.2) is 36.4 Å². The molecule has 0 radical (unpaired) electrons. The molecule has 4 N–H and O–H groups in total. The van der Waals surface area contributed by atoms with Gasteiger partial charge in [-0.3, -0.25) is 0 Å². The number of fused-ring (bicyclic) bond motifs is 3. The molecule has 2 fully saturated rings. The Bertz CT molecular complexity index is 1430. The monoisotopic (exact) mass is 602 g/mol. The first-order valence-electron chi connectivity index (χ1n) is 14.8. The van der Waals surface area contributed by atoms with Crippen molar-refractivity contribution >= 4 is 33.3 Å². The van der Waals surface area contributed by atoms with Gasteiger partial charge in [0.25, 0.3) is 0 Å². The number of nitrogens with zero attached hydrogens (tertiary/aromatic N) is 1. The molecule has 10 heteroatoms. The van der Waals surface area contributed by atoms with E-state index in [9.17, 15) is 23.4 Å². The van der Waals surface area contributed by atoms with Gasteiger partial charge in [-0.1, -0.05) is 17.7 Å². The summed E-state index contributed by atoms with van der Waals surface area (Å²) in [7, 11) is -3.45. The Balaban J connectivity index is 1.23. The molecule has 1 heterocycles. The summed E-state index contributed by atoms with van der Waals surface area (Å²) >= 11 is 6.36. The van der Waals surface area contributed by atoms with Gasteiger partial charge in [0.05, 0.1) is 29.7 Å². The Morgan fingerprint density at radius 1 is 1.17 bits per heavy atom. The van der Waals surface area contributed by atoms with Crippen molar-refractivity contribution in [3.8, 4) is 5.75 Å². The largest absolute Gasteiger partial charge is 0.490 e. The van der Waals surface area contributed by atoms with E-state index in [-0.39, 0.29) is 34.5 Å². The van der Waals surface area contributed by atoms with Gasteiger partial charge in [-0.25, -0.2) is 18.4 Å². The molecule has 4 aliphatic rings. The average molecular weight is 603 g/mol. The Morgan fingerprint density at radius 3 is 2.73 bits per heavy atom. The fourth-order valence-corrected chi connectivity index (χ4v) is 8.45. The highest BCUT2D eigenvalue weighted by Crippen LogP contribution is 2.52. The first-order chi connectivity index (χ1) is 19.5. The molecule has 2 saturated carbocycles. The van der Waals surface area contributed by atoms with E-state index in [1.165, 1.54) is 11.1 Å². The molecule has 8 nitrogen and oxygen atoms in total. The van der Waals surface area contributed by atoms with Crippen molar-refractivity contribution in [1.29, 1.82) is 0 Å². The van der Waals surface area contributed by atoms with Crippen LogP contribution in [0.5, 0.6) is 5.75 Å². The Hall–Kier alpha value is -2.33. The van der Waals surface area contributed by atoms with E-state index in [0.29, 0.717) is 37.8 Å². The first kappa shape index (κ1) is 28.8. The number of aromatic carboxylic acids is 1. The van der Waals surface area contributed by atoms with Crippen molar-refractivity contribution < 1.29 is 28.2 Å². The van der Waals surface area contributed by atoms with E-state index in [1.54, 1.807) is 18.2 Å². The third kappa shape index (κ3) is 5.96. The second-order valence-electron chi connectivity index (χ2n) is 12.8. The average Bonchev–Trinajstić information content (AvgIpc) is 3.69. The predicted molar refractivity (Wildman–Crippen MR) is 158 cm³/mol. The second kappa shape index (κ2) is 11.1. The van der Waals surface area contributed by atoms with Crippen LogP contribution in [0.4, 0.5) is 5.69 Å². The summed E-state index contributed by atoms with van der Waals surface area (Å²) in [5.41, 5.74) is 3.30. The van der Waals surface area contributed by atoms with Crippen LogP contribution in [0, 0.1) is 23.7 Å². The number of aryl methyl sites for hydroxylation is 1. The maximum Gasteiger partial charge on any atom is 0.335 e. The predicted octanol–water partition coefficient (Wildman–Crippen LogP) is 4.60. The number of primary sulfonamides is 1. The summed E-state index contributed by atoms with van der Waals surface area (Å²) in [6, 6.07) is 11.3. The molecule has 3 aliphatic carbocycles. The summed E-state index contributed by atoms with van der Waals surface area (Å²) in [6.07, 6.45) is 6.78. The number of carboxylic acid groups (broad SMARTS) is 1. The number of hydrogen-bond donors (Lipinski definition) is 3. The highest BCUT2D eigenvalue weighted by Gasteiger charge is 2.50. The number of aliphatic hydroxyl groups is 1. The molecule has 0 saturated heterocycles. The number of benzene rings is 2. The smallest absolute Gasteiger partial charge is 0.335 e. The van der Waals surface area contributed by atoms with E-state index >= 15 is 0 Å². The van der Waals surface area contributed by atoms with Gasteiger partial charge < -0.3 is 19.8 Å². The lowest BCUT2D eigenvalue weighted by Gasteiger charge is -2.46. The van der Waals surface area contributed by atoms with Crippen LogP contribution >= 0.6 is 11.6 Å². The minimum Gasteiger partial charge on any atom is -0.490 e. The molecule has 6 rings (SSSR count). The molecule has 2 aromatic carbocycles. The molecular weight excluding hydrogens is 564 g/mol. The Labute approximate surface area is 246 Å². The van der Waals surface area contributed by atoms with Crippen molar-refractivity contribution in [2.75, 3.05) is 30.3 Å². The molecule has 1 unspecified atom stereocenters. The minimum atomic E-state index is -3.45. The molecular formula is C31H39ClN2O6S. The molecule has 0 aromatic heterocycles. The molecule has 2 aromatic rings. The highest BCUT2D eigenvalue weighted by molar-refractivity contribution is 7.89. The van der Waals surface area contributed by atoms with Gasteiger partial charge in [0, 0.05) is 23.5 Å². The molecule has 1 aliphatic heterocycles. The van der Waals surface area contributed by atoms with Crippen molar-refractivity contribution in [3.05, 3.63) is 58.1 Å². The van der Waals surface area contributed by atoms with Gasteiger partial charge >= 0.3 is 5.97 Å². The van der Waals surface area contributed by atoms with Crippen LogP contribution in [0.3, 0.4) is 0 Å². The quantitative estimate of drug-likeness (QED) is 0.382. The van der Waals surface area contributed by atoms with Crippen molar-refractivity contribution in [2.24, 2.45) is 28.8 Å². The summed E-state index contributed by atoms with van der Waals surface area (Å²) in [5.74, 6) is 0.733. The van der Waals surface area contributed by atoms with Gasteiger partial charge in [0.1, 0.15) is 5.75 Å². The first-order valence-corrected chi connectivity index (χ1v) is 16.8. The lowest BCUT2D eigenvalue weighted by atomic mass is 9.68. The van der Waals surface area contributed by atoms with Crippen molar-refractivity contribution in [3.63, 3.8) is 0 Å². The summed E-state index contributed by atoms with van der Waals surface area (Å²) in [6.45, 7) is 1.93. The zero-order valence-electron chi connectivity index (χ0n) is 23.2. The van der Waals surface area contributed by atoms with Gasteiger partial charge in [-0.2, -0.15) is 0 Å². The number of aliphatic hydroxyl groups excluding tert-OH is 1. The standard InChI is InChI=1S/C31H39ClN2O6S/c32-23-7-9-26-20(13-23)3-1-11-31(26)17-34(27-15-21(30(36)37)6-10-28(27)40-18-31)16-22-5-8-24(22)29(35)25-14-19(25)4-2-12-41(33,38)39/h6-7,9-10,13,15,19,22,24-25,29,35H,1-5,8,11-12,14,16-18H2,(H,36,37)(H2,33,38,39)/t19-,22+,24-,25-,29?,31+/m1/s1. The van der Waals surface area contributed by atoms with E-state index in [4.69, 9.17) is 21.5 Å². The fourth-order valence-electron chi connectivity index (χ4n) is 7.69. The normalized spacial score (nSPS) is 29.5. The van der Waals surface area contributed by atoms with Crippen molar-refractivity contribution in [1.82, 2.24) is 0 Å². The van der Waals surface area contributed by atoms with Crippen LogP contribution in [-0.2, 0) is 21.9 Å². The van der Waals surface area contributed by atoms with Gasteiger partial charge in [0.2, 0.25) is 10.0 Å². The van der Waals surface area contributed by atoms with E-state index in [0.717, 1.165) is 55.7 Å². The third-order valence-electron chi connectivity index (χ3n) is 10.1. The Kier molecular flexibility index (Phi) is 7.76. The summed E-state index contributed by atoms with van der Waals surface area (Å²) in [4.78, 5) is 14.2. The zero-order chi connectivity index (χ0) is 28.9. The zero-order valence-corrected chi connectivity index (χ0v) is 24.7. The number of carboxylic acids is 1. The summed E-state index contributed by atoms with van der Waals surface area (Å²) in [5, 5.41) is 27.0. The molecule has 222 valence electrons. The number of hydrogen-bond acceptors (Lipinski definition) is 6. The van der Waals surface area contributed by atoms with E-state index < -0.39 is 22.1 Å². The number of carbonyl (C=O) groups is 1. The number of sulfonamides is 1. The van der Waals surface area contributed by atoms with Crippen molar-refractivity contribution in [2.45, 2.75) is 62.9 Å². The maximum atomic E-state index is 11.9. The van der Waals surface area contributed by atoms with Crippen LogP contribution in [-0.4, -0.2) is 56.2 Å². The molecule has 1 spiro atoms. The van der Waals surface area contributed by atoms with E-state index in [2.05, 4.69) is 17.0 Å². The molecule has 0 amide bonds. The highest BCUT2D eigenvalue weighted by atomic mass is 35.5. The lowest BCUT2D eigenvalue weighted by molar-refractivity contribution is -0.00180. The SMILES string of the molecule is NS(=O)(=O)CCC[C@@H]1C[C@H]1C(O)[C@@H]1CC[C@H]1CN1C[C@@]2(CCCc3cc(Cl)ccc32)COc2ccc(C(=O)O)cc21. The van der Waals surface area contributed by atoms with Crippen LogP contribution < -0.4 is 14.8 Å². The molecule has 41 heavy (non-hydrogen) atoms. The number of halogens is 1. The third-order valence-corrected chi connectivity index (χ3v) is 11.2. The van der Waals surface area contributed by atoms with Gasteiger partial charge in [0.15, 0.2) is 0 Å². The van der Waals surface area contributed by atoms with E-state index in [1.807, 2.05) is 6.07 Å². The number of rotatable bonds is 9. The topological polar surface area (TPSA) is 130 Å². The minimum absolute atomic E-state index is 0.00970. The maximum absolute atomic E-state index is 11.9. The number of ether oxygens (including phenoxy) is 1. The van der Waals surface area contributed by atoms with Gasteiger partial charge in [-0.05, 0) is 116 Å². The number of nitrogens with two attached hydrogens (primary N) is 1. The number of anilines is 1. The summed E-state index contributed by atoms with van der Waals surface area (Å²) < 4.78 is 29.0. The fraction of sp³-hybridized carbons (Fsp3) is 0.581. The lowest BCUT2D eigenvalue weighted by Crippen LogP contribution is -2.50.